The summed E-state index contributed by atoms with van der Waals surface area (Å²) in [7, 11) is 1.63. The van der Waals surface area contributed by atoms with E-state index in [2.05, 4.69) is 33.6 Å². The Morgan fingerprint density at radius 2 is 1.72 bits per heavy atom. The second-order valence-electron chi connectivity index (χ2n) is 5.78. The Balaban J connectivity index is 1.86. The zero-order chi connectivity index (χ0) is 17.8. The van der Waals surface area contributed by atoms with Gasteiger partial charge in [0.05, 0.1) is 7.11 Å². The Kier molecular flexibility index (Phi) is 4.70. The minimum absolute atomic E-state index is 0.449. The molecule has 0 spiro atoms. The molecule has 0 aliphatic carbocycles. The number of aryl methyl sites for hydroxylation is 2. The lowest BCUT2D eigenvalue weighted by Gasteiger charge is -2.14. The molecule has 128 valence electrons. The highest BCUT2D eigenvalue weighted by atomic mass is 16.5. The van der Waals surface area contributed by atoms with Gasteiger partial charge in [-0.25, -0.2) is 9.97 Å². The maximum atomic E-state index is 6.25. The smallest absolute Gasteiger partial charge is 0.159 e. The van der Waals surface area contributed by atoms with Crippen LogP contribution in [0.4, 0.5) is 28.7 Å². The fraction of sp³-hybridized carbons (Fsp3) is 0.158. The molecule has 0 unspecified atom stereocenters. The summed E-state index contributed by atoms with van der Waals surface area (Å²) >= 11 is 0. The van der Waals surface area contributed by atoms with E-state index in [1.54, 1.807) is 7.11 Å². The van der Waals surface area contributed by atoms with Gasteiger partial charge in [-0.3, -0.25) is 0 Å². The number of methoxy groups -OCH3 is 1. The largest absolute Gasteiger partial charge is 0.497 e. The Bertz CT molecular complexity index is 895. The maximum Gasteiger partial charge on any atom is 0.159 e. The topological polar surface area (TPSA) is 85.1 Å². The third-order valence-corrected chi connectivity index (χ3v) is 3.85. The number of benzene rings is 2. The highest BCUT2D eigenvalue weighted by Crippen LogP contribution is 2.30. The van der Waals surface area contributed by atoms with Crippen LogP contribution in [0.1, 0.15) is 11.1 Å². The highest BCUT2D eigenvalue weighted by Gasteiger charge is 2.10. The second kappa shape index (κ2) is 7.09. The molecule has 25 heavy (non-hydrogen) atoms. The highest BCUT2D eigenvalue weighted by molar-refractivity contribution is 5.80. The van der Waals surface area contributed by atoms with Gasteiger partial charge >= 0.3 is 0 Å². The molecular formula is C19H21N5O. The fourth-order valence-corrected chi connectivity index (χ4v) is 2.51. The SMILES string of the molecule is COc1cccc(Nc2ncnc(Nc3ccc(C)cc3C)c2N)c1. The first kappa shape index (κ1) is 16.6. The number of ether oxygens (including phenoxy) is 1. The van der Waals surface area contributed by atoms with Crippen molar-refractivity contribution >= 4 is 28.7 Å². The van der Waals surface area contributed by atoms with Gasteiger partial charge in [-0.15, -0.1) is 0 Å². The summed E-state index contributed by atoms with van der Waals surface area (Å²) in [4.78, 5) is 8.50. The monoisotopic (exact) mass is 335 g/mol. The number of hydrogen-bond donors (Lipinski definition) is 3. The predicted molar refractivity (Wildman–Crippen MR) is 102 cm³/mol. The second-order valence-corrected chi connectivity index (χ2v) is 5.78. The summed E-state index contributed by atoms with van der Waals surface area (Å²) in [6.45, 7) is 4.11. The van der Waals surface area contributed by atoms with Crippen molar-refractivity contribution in [2.24, 2.45) is 0 Å². The van der Waals surface area contributed by atoms with Crippen molar-refractivity contribution in [3.05, 3.63) is 59.9 Å². The van der Waals surface area contributed by atoms with E-state index in [0.29, 0.717) is 17.3 Å². The van der Waals surface area contributed by atoms with Crippen molar-refractivity contribution in [1.29, 1.82) is 0 Å². The minimum atomic E-state index is 0.449. The zero-order valence-electron chi connectivity index (χ0n) is 14.5. The molecule has 0 bridgehead atoms. The number of nitrogen functional groups attached to an aromatic ring is 1. The number of aromatic nitrogens is 2. The van der Waals surface area contributed by atoms with Gasteiger partial charge in [0.1, 0.15) is 17.8 Å². The van der Waals surface area contributed by atoms with Crippen LogP contribution in [0.15, 0.2) is 48.8 Å². The Labute approximate surface area is 147 Å². The van der Waals surface area contributed by atoms with Crippen molar-refractivity contribution in [2.45, 2.75) is 13.8 Å². The molecule has 0 atom stereocenters. The van der Waals surface area contributed by atoms with Crippen molar-refractivity contribution in [1.82, 2.24) is 9.97 Å². The summed E-state index contributed by atoms with van der Waals surface area (Å²) < 4.78 is 5.23. The van der Waals surface area contributed by atoms with Gasteiger partial charge in [0.2, 0.25) is 0 Å². The molecule has 6 heteroatoms. The first-order chi connectivity index (χ1) is 12.1. The summed E-state index contributed by atoms with van der Waals surface area (Å²) in [5, 5.41) is 6.48. The van der Waals surface area contributed by atoms with Crippen LogP contribution in [-0.2, 0) is 0 Å². The standard InChI is InChI=1S/C19H21N5O/c1-12-7-8-16(13(2)9-12)24-19-17(20)18(21-11-22-19)23-14-5-4-6-15(10-14)25-3/h4-11H,20H2,1-3H3,(H2,21,22,23,24). The number of rotatable bonds is 5. The molecule has 2 aromatic carbocycles. The van der Waals surface area contributed by atoms with Crippen LogP contribution < -0.4 is 21.1 Å². The van der Waals surface area contributed by atoms with E-state index in [9.17, 15) is 0 Å². The van der Waals surface area contributed by atoms with E-state index in [0.717, 1.165) is 22.7 Å². The molecular weight excluding hydrogens is 314 g/mol. The molecule has 0 radical (unpaired) electrons. The van der Waals surface area contributed by atoms with Gasteiger partial charge in [-0.2, -0.15) is 0 Å². The van der Waals surface area contributed by atoms with Crippen LogP contribution in [0.25, 0.3) is 0 Å². The van der Waals surface area contributed by atoms with Crippen LogP contribution in [0, 0.1) is 13.8 Å². The lowest BCUT2D eigenvalue weighted by Crippen LogP contribution is -2.05. The number of nitrogens with two attached hydrogens (primary N) is 1. The van der Waals surface area contributed by atoms with Crippen molar-refractivity contribution in [3.63, 3.8) is 0 Å². The molecule has 6 nitrogen and oxygen atoms in total. The van der Waals surface area contributed by atoms with Gasteiger partial charge in [0.25, 0.3) is 0 Å². The first-order valence-electron chi connectivity index (χ1n) is 7.92. The third-order valence-electron chi connectivity index (χ3n) is 3.85. The molecule has 3 aromatic rings. The quantitative estimate of drug-likeness (QED) is 0.649. The van der Waals surface area contributed by atoms with E-state index >= 15 is 0 Å². The number of nitrogens with one attached hydrogen (secondary N) is 2. The van der Waals surface area contributed by atoms with E-state index < -0.39 is 0 Å². The first-order valence-corrected chi connectivity index (χ1v) is 7.92. The summed E-state index contributed by atoms with van der Waals surface area (Å²) in [6, 6.07) is 13.7. The van der Waals surface area contributed by atoms with Crippen LogP contribution in [0.5, 0.6) is 5.75 Å². The minimum Gasteiger partial charge on any atom is -0.497 e. The molecule has 0 fully saturated rings. The number of anilines is 5. The average Bonchev–Trinajstić information content (AvgIpc) is 2.61. The van der Waals surface area contributed by atoms with E-state index in [1.165, 1.54) is 11.9 Å². The molecule has 0 amide bonds. The van der Waals surface area contributed by atoms with E-state index in [-0.39, 0.29) is 0 Å². The summed E-state index contributed by atoms with van der Waals surface area (Å²) in [5.74, 6) is 1.86. The lowest BCUT2D eigenvalue weighted by molar-refractivity contribution is 0.415. The number of hydrogen-bond acceptors (Lipinski definition) is 6. The Morgan fingerprint density at radius 3 is 2.44 bits per heavy atom. The molecule has 4 N–H and O–H groups in total. The molecule has 0 saturated carbocycles. The van der Waals surface area contributed by atoms with Crippen molar-refractivity contribution in [3.8, 4) is 5.75 Å². The number of nitrogens with zero attached hydrogens (tertiary/aromatic N) is 2. The summed E-state index contributed by atoms with van der Waals surface area (Å²) in [6.07, 6.45) is 1.48. The van der Waals surface area contributed by atoms with Gasteiger partial charge in [0.15, 0.2) is 11.6 Å². The molecule has 0 aliphatic rings. The normalized spacial score (nSPS) is 10.4. The Hall–Kier alpha value is -3.28. The van der Waals surface area contributed by atoms with Gasteiger partial charge < -0.3 is 21.1 Å². The van der Waals surface area contributed by atoms with Gasteiger partial charge in [-0.1, -0.05) is 23.8 Å². The molecule has 0 aliphatic heterocycles. The Morgan fingerprint density at radius 1 is 0.960 bits per heavy atom. The maximum absolute atomic E-state index is 6.25. The fourth-order valence-electron chi connectivity index (χ4n) is 2.51. The van der Waals surface area contributed by atoms with Crippen LogP contribution in [0.2, 0.25) is 0 Å². The van der Waals surface area contributed by atoms with E-state index in [1.807, 2.05) is 43.3 Å². The molecule has 3 rings (SSSR count). The van der Waals surface area contributed by atoms with Crippen LogP contribution in [0.3, 0.4) is 0 Å². The van der Waals surface area contributed by atoms with Crippen LogP contribution in [-0.4, -0.2) is 17.1 Å². The van der Waals surface area contributed by atoms with Gasteiger partial charge in [0, 0.05) is 17.4 Å². The van der Waals surface area contributed by atoms with E-state index in [4.69, 9.17) is 10.5 Å². The van der Waals surface area contributed by atoms with Crippen molar-refractivity contribution in [2.75, 3.05) is 23.5 Å². The molecule has 1 heterocycles. The van der Waals surface area contributed by atoms with Gasteiger partial charge in [-0.05, 0) is 37.6 Å². The predicted octanol–water partition coefficient (Wildman–Crippen LogP) is 4.17. The van der Waals surface area contributed by atoms with Crippen LogP contribution >= 0.6 is 0 Å². The lowest BCUT2D eigenvalue weighted by atomic mass is 10.1. The third kappa shape index (κ3) is 3.80. The molecule has 1 aromatic heterocycles. The summed E-state index contributed by atoms with van der Waals surface area (Å²) in [5.41, 5.74) is 10.8. The molecule has 0 saturated heterocycles. The zero-order valence-corrected chi connectivity index (χ0v) is 14.5. The average molecular weight is 335 g/mol. The van der Waals surface area contributed by atoms with Crippen molar-refractivity contribution < 1.29 is 4.74 Å².